The van der Waals surface area contributed by atoms with Crippen molar-refractivity contribution in [1.29, 1.82) is 0 Å². The molecule has 0 amide bonds. The SMILES string of the molecule is COc1cc(/C=C/C(=O)OC2C(O)CC(O)(C(=O)O)C[C@@H]2OC(=O)/C=C/c2ccc(O)c(OC)c2)ccc1O. The molecule has 3 rings (SSSR count). The number of carbonyl (C=O) groups is 3. The summed E-state index contributed by atoms with van der Waals surface area (Å²) in [6.45, 7) is 0. The zero-order chi connectivity index (χ0) is 28.7. The molecule has 0 saturated heterocycles. The highest BCUT2D eigenvalue weighted by Gasteiger charge is 2.52. The predicted octanol–water partition coefficient (Wildman–Crippen LogP) is 1.64. The highest BCUT2D eigenvalue weighted by Crippen LogP contribution is 2.34. The van der Waals surface area contributed by atoms with Crippen LogP contribution in [-0.4, -0.2) is 81.6 Å². The number of methoxy groups -OCH3 is 2. The van der Waals surface area contributed by atoms with Crippen LogP contribution in [0.2, 0.25) is 0 Å². The molecule has 0 aliphatic heterocycles. The van der Waals surface area contributed by atoms with E-state index >= 15 is 0 Å². The van der Waals surface area contributed by atoms with Crippen molar-refractivity contribution < 1.29 is 58.9 Å². The average molecular weight is 545 g/mol. The van der Waals surface area contributed by atoms with Gasteiger partial charge in [-0.1, -0.05) is 12.1 Å². The van der Waals surface area contributed by atoms with Gasteiger partial charge in [-0.2, -0.15) is 0 Å². The van der Waals surface area contributed by atoms with E-state index in [4.69, 9.17) is 18.9 Å². The summed E-state index contributed by atoms with van der Waals surface area (Å²) in [5, 5.41) is 49.8. The number of hydrogen-bond acceptors (Lipinski definition) is 11. The van der Waals surface area contributed by atoms with Gasteiger partial charge in [-0.3, -0.25) is 0 Å². The Morgan fingerprint density at radius 3 is 1.79 bits per heavy atom. The van der Waals surface area contributed by atoms with Crippen molar-refractivity contribution >= 4 is 30.1 Å². The number of carboxylic acid groups (broad SMARTS) is 1. The summed E-state index contributed by atoms with van der Waals surface area (Å²) < 4.78 is 20.6. The molecule has 1 aliphatic carbocycles. The third kappa shape index (κ3) is 7.27. The second kappa shape index (κ2) is 12.3. The molecule has 12 nitrogen and oxygen atoms in total. The lowest BCUT2D eigenvalue weighted by Gasteiger charge is -2.40. The molecule has 5 N–H and O–H groups in total. The maximum absolute atomic E-state index is 12.5. The molecular weight excluding hydrogens is 516 g/mol. The fourth-order valence-electron chi connectivity index (χ4n) is 3.97. The van der Waals surface area contributed by atoms with Crippen molar-refractivity contribution in [1.82, 2.24) is 0 Å². The van der Waals surface area contributed by atoms with E-state index in [-0.39, 0.29) is 23.0 Å². The van der Waals surface area contributed by atoms with Crippen LogP contribution in [-0.2, 0) is 23.9 Å². The Balaban J connectivity index is 1.76. The minimum Gasteiger partial charge on any atom is -0.504 e. The molecule has 0 spiro atoms. The smallest absolute Gasteiger partial charge is 0.335 e. The van der Waals surface area contributed by atoms with Crippen LogP contribution in [0, 0.1) is 0 Å². The molecule has 1 saturated carbocycles. The molecule has 4 atom stereocenters. The second-order valence-electron chi connectivity index (χ2n) is 8.72. The number of ether oxygens (including phenoxy) is 4. The molecule has 3 unspecified atom stereocenters. The van der Waals surface area contributed by atoms with Gasteiger partial charge in [-0.05, 0) is 47.5 Å². The molecule has 0 bridgehead atoms. The van der Waals surface area contributed by atoms with E-state index in [1.54, 1.807) is 0 Å². The van der Waals surface area contributed by atoms with Crippen molar-refractivity contribution in [3.8, 4) is 23.0 Å². The first-order chi connectivity index (χ1) is 18.4. The maximum Gasteiger partial charge on any atom is 0.335 e. The van der Waals surface area contributed by atoms with Crippen molar-refractivity contribution in [2.45, 2.75) is 36.8 Å². The summed E-state index contributed by atoms with van der Waals surface area (Å²) in [4.78, 5) is 36.7. The molecule has 0 heterocycles. The number of aliphatic hydroxyl groups is 2. The van der Waals surface area contributed by atoms with Gasteiger partial charge in [-0.25, -0.2) is 14.4 Å². The largest absolute Gasteiger partial charge is 0.504 e. The Bertz CT molecular complexity index is 1280. The molecular formula is C27H28O12. The number of aromatic hydroxyl groups is 2. The number of aliphatic hydroxyl groups excluding tert-OH is 1. The standard InChI is InChI=1S/C27H28O12/c1-36-20-11-15(3-7-17(20)28)5-9-23(31)38-22-14-27(35,26(33)34)13-19(30)25(22)39-24(32)10-6-16-4-8-18(29)21(12-16)37-2/h3-12,19,22,25,28-30,35H,13-14H2,1-2H3,(H,33,34)/b9-5+,10-6+/t19?,22-,25?,27?/m0/s1. The van der Waals surface area contributed by atoms with Crippen molar-refractivity contribution in [2.24, 2.45) is 0 Å². The summed E-state index contributed by atoms with van der Waals surface area (Å²) in [6, 6.07) is 8.63. The third-order valence-corrected chi connectivity index (χ3v) is 5.98. The first-order valence-electron chi connectivity index (χ1n) is 11.6. The molecule has 39 heavy (non-hydrogen) atoms. The lowest BCUT2D eigenvalue weighted by atomic mass is 9.79. The van der Waals surface area contributed by atoms with E-state index in [2.05, 4.69) is 0 Å². The molecule has 1 aliphatic rings. The number of esters is 2. The number of aliphatic carboxylic acids is 1. The fourth-order valence-corrected chi connectivity index (χ4v) is 3.97. The van der Waals surface area contributed by atoms with Crippen LogP contribution in [0.5, 0.6) is 23.0 Å². The number of carboxylic acids is 1. The summed E-state index contributed by atoms with van der Waals surface area (Å²) in [5.74, 6) is -3.42. The van der Waals surface area contributed by atoms with Crippen LogP contribution in [0.1, 0.15) is 24.0 Å². The number of carbonyl (C=O) groups excluding carboxylic acids is 2. The molecule has 2 aromatic rings. The Morgan fingerprint density at radius 1 is 0.846 bits per heavy atom. The molecule has 1 fully saturated rings. The normalized spacial score (nSPS) is 22.9. The van der Waals surface area contributed by atoms with Crippen LogP contribution in [0.3, 0.4) is 0 Å². The van der Waals surface area contributed by atoms with Gasteiger partial charge in [-0.15, -0.1) is 0 Å². The van der Waals surface area contributed by atoms with Crippen molar-refractivity contribution in [3.05, 3.63) is 59.7 Å². The van der Waals surface area contributed by atoms with Gasteiger partial charge in [0.25, 0.3) is 0 Å². The highest BCUT2D eigenvalue weighted by atomic mass is 16.6. The zero-order valence-corrected chi connectivity index (χ0v) is 21.0. The third-order valence-electron chi connectivity index (χ3n) is 5.98. The van der Waals surface area contributed by atoms with Gasteiger partial charge in [0.05, 0.1) is 20.3 Å². The molecule has 0 radical (unpaired) electrons. The van der Waals surface area contributed by atoms with Crippen LogP contribution < -0.4 is 9.47 Å². The molecule has 12 heteroatoms. The number of benzene rings is 2. The Morgan fingerprint density at radius 2 is 1.33 bits per heavy atom. The maximum atomic E-state index is 12.5. The Hall–Kier alpha value is -4.55. The van der Waals surface area contributed by atoms with Crippen LogP contribution in [0.15, 0.2) is 48.6 Å². The van der Waals surface area contributed by atoms with Gasteiger partial charge in [0.15, 0.2) is 34.7 Å². The second-order valence-corrected chi connectivity index (χ2v) is 8.72. The summed E-state index contributed by atoms with van der Waals surface area (Å²) in [6.07, 6.45) is -1.27. The number of rotatable bonds is 9. The zero-order valence-electron chi connectivity index (χ0n) is 21.0. The molecule has 2 aromatic carbocycles. The van der Waals surface area contributed by atoms with Crippen molar-refractivity contribution in [2.75, 3.05) is 14.2 Å². The van der Waals surface area contributed by atoms with E-state index in [1.165, 1.54) is 62.8 Å². The van der Waals surface area contributed by atoms with Crippen LogP contribution in [0.4, 0.5) is 0 Å². The predicted molar refractivity (Wildman–Crippen MR) is 135 cm³/mol. The lowest BCUT2D eigenvalue weighted by Crippen LogP contribution is -2.58. The average Bonchev–Trinajstić information content (AvgIpc) is 2.89. The Labute approximate surface area is 222 Å². The Kier molecular flexibility index (Phi) is 9.17. The topological polar surface area (TPSA) is 189 Å². The fraction of sp³-hybridized carbons (Fsp3) is 0.296. The van der Waals surface area contributed by atoms with Gasteiger partial charge in [0, 0.05) is 25.0 Å². The van der Waals surface area contributed by atoms with E-state index in [1.807, 2.05) is 0 Å². The number of phenols is 2. The monoisotopic (exact) mass is 544 g/mol. The first kappa shape index (κ1) is 29.0. The van der Waals surface area contributed by atoms with Crippen LogP contribution in [0.25, 0.3) is 12.2 Å². The summed E-state index contributed by atoms with van der Waals surface area (Å²) in [5.41, 5.74) is -1.49. The van der Waals surface area contributed by atoms with Gasteiger partial charge >= 0.3 is 17.9 Å². The summed E-state index contributed by atoms with van der Waals surface area (Å²) in [7, 11) is 2.71. The minimum atomic E-state index is -2.43. The van der Waals surface area contributed by atoms with E-state index in [0.29, 0.717) is 11.1 Å². The van der Waals surface area contributed by atoms with E-state index in [0.717, 1.165) is 12.2 Å². The van der Waals surface area contributed by atoms with Crippen molar-refractivity contribution in [3.63, 3.8) is 0 Å². The number of phenolic OH excluding ortho intramolecular Hbond substituents is 2. The lowest BCUT2D eigenvalue weighted by molar-refractivity contribution is -0.204. The first-order valence-corrected chi connectivity index (χ1v) is 11.6. The molecule has 208 valence electrons. The molecule has 0 aromatic heterocycles. The van der Waals surface area contributed by atoms with E-state index < -0.39 is 54.7 Å². The highest BCUT2D eigenvalue weighted by molar-refractivity contribution is 5.88. The quantitative estimate of drug-likeness (QED) is 0.227. The van der Waals surface area contributed by atoms with Gasteiger partial charge < -0.3 is 44.5 Å². The minimum absolute atomic E-state index is 0.100. The van der Waals surface area contributed by atoms with Gasteiger partial charge in [0.2, 0.25) is 0 Å². The van der Waals surface area contributed by atoms with Gasteiger partial charge in [0.1, 0.15) is 6.10 Å². The van der Waals surface area contributed by atoms with Crippen LogP contribution >= 0.6 is 0 Å². The summed E-state index contributed by atoms with van der Waals surface area (Å²) >= 11 is 0. The number of hydrogen-bond donors (Lipinski definition) is 5. The van der Waals surface area contributed by atoms with E-state index in [9.17, 15) is 39.9 Å².